The van der Waals surface area contributed by atoms with E-state index >= 15 is 0 Å². The van der Waals surface area contributed by atoms with Crippen LogP contribution in [0.25, 0.3) is 0 Å². The second-order valence-electron chi connectivity index (χ2n) is 6.78. The van der Waals surface area contributed by atoms with E-state index in [1.54, 1.807) is 20.4 Å². The molecule has 0 radical (unpaired) electrons. The fraction of sp³-hybridized carbons (Fsp3) is 0.722. The monoisotopic (exact) mass is 337 g/mol. The van der Waals surface area contributed by atoms with E-state index in [2.05, 4.69) is 28.6 Å². The predicted octanol–water partition coefficient (Wildman–Crippen LogP) is 1.62. The minimum absolute atomic E-state index is 0.230. The number of aliphatic hydroxyl groups is 1. The van der Waals surface area contributed by atoms with Gasteiger partial charge in [-0.1, -0.05) is 13.8 Å². The predicted molar refractivity (Wildman–Crippen MR) is 94.5 cm³/mol. The van der Waals surface area contributed by atoms with Gasteiger partial charge in [0.05, 0.1) is 14.2 Å². The highest BCUT2D eigenvalue weighted by molar-refractivity contribution is 5.42. The first-order valence-corrected chi connectivity index (χ1v) is 8.72. The summed E-state index contributed by atoms with van der Waals surface area (Å²) >= 11 is 0. The van der Waals surface area contributed by atoms with Gasteiger partial charge >= 0.3 is 0 Å². The van der Waals surface area contributed by atoms with Crippen molar-refractivity contribution < 1.29 is 14.6 Å². The number of ether oxygens (including phenoxy) is 2. The number of pyridine rings is 1. The van der Waals surface area contributed by atoms with E-state index in [0.717, 1.165) is 44.8 Å². The number of rotatable bonds is 8. The zero-order valence-corrected chi connectivity index (χ0v) is 15.4. The lowest BCUT2D eigenvalue weighted by molar-refractivity contribution is 0.0467. The van der Waals surface area contributed by atoms with Crippen molar-refractivity contribution in [1.82, 2.24) is 14.8 Å². The number of nitrogens with zero attached hydrogens (tertiary/aromatic N) is 3. The van der Waals surface area contributed by atoms with Crippen molar-refractivity contribution in [1.29, 1.82) is 0 Å². The molecule has 2 rings (SSSR count). The summed E-state index contributed by atoms with van der Waals surface area (Å²) in [5.74, 6) is 2.06. The smallest absolute Gasteiger partial charge is 0.183 e. The Hall–Kier alpha value is -1.37. The largest absolute Gasteiger partial charge is 0.493 e. The summed E-state index contributed by atoms with van der Waals surface area (Å²) in [6.07, 6.45) is 2.57. The molecular weight excluding hydrogens is 306 g/mol. The van der Waals surface area contributed by atoms with Crippen molar-refractivity contribution in [2.75, 3.05) is 47.0 Å². The standard InChI is InChI=1S/C18H31N3O3/c1-14(2)11-21-9-8-20(12-15(21)6-10-22)13-16-18(24-4)17(23-3)5-7-19-16/h5,7,14-15,22H,6,8-13H2,1-4H3/t15-/m0/s1. The second-order valence-corrected chi connectivity index (χ2v) is 6.78. The zero-order valence-electron chi connectivity index (χ0n) is 15.4. The average Bonchev–Trinajstić information content (AvgIpc) is 2.56. The number of methoxy groups -OCH3 is 2. The molecule has 0 unspecified atom stereocenters. The van der Waals surface area contributed by atoms with Crippen LogP contribution in [0, 0.1) is 5.92 Å². The van der Waals surface area contributed by atoms with Gasteiger partial charge in [0.25, 0.3) is 0 Å². The lowest BCUT2D eigenvalue weighted by atomic mass is 10.1. The van der Waals surface area contributed by atoms with Crippen LogP contribution in [0.1, 0.15) is 26.0 Å². The van der Waals surface area contributed by atoms with Gasteiger partial charge in [0, 0.05) is 57.6 Å². The summed E-state index contributed by atoms with van der Waals surface area (Å²) in [5, 5.41) is 9.40. The fourth-order valence-corrected chi connectivity index (χ4v) is 3.41. The van der Waals surface area contributed by atoms with Crippen LogP contribution in [0.5, 0.6) is 11.5 Å². The Kier molecular flexibility index (Phi) is 7.27. The summed E-state index contributed by atoms with van der Waals surface area (Å²) in [6.45, 7) is 9.49. The summed E-state index contributed by atoms with van der Waals surface area (Å²) in [7, 11) is 3.29. The lowest BCUT2D eigenvalue weighted by Gasteiger charge is -2.42. The number of piperazine rings is 1. The van der Waals surface area contributed by atoms with Gasteiger partial charge in [-0.05, 0) is 12.3 Å². The molecule has 6 nitrogen and oxygen atoms in total. The second kappa shape index (κ2) is 9.20. The Morgan fingerprint density at radius 3 is 2.71 bits per heavy atom. The van der Waals surface area contributed by atoms with Crippen molar-refractivity contribution in [3.8, 4) is 11.5 Å². The highest BCUT2D eigenvalue weighted by Gasteiger charge is 2.28. The van der Waals surface area contributed by atoms with Crippen LogP contribution >= 0.6 is 0 Å². The lowest BCUT2D eigenvalue weighted by Crippen LogP contribution is -2.53. The molecule has 1 aliphatic heterocycles. The maximum atomic E-state index is 9.40. The molecule has 2 heterocycles. The third-order valence-corrected chi connectivity index (χ3v) is 4.49. The quantitative estimate of drug-likeness (QED) is 0.778. The molecule has 0 aromatic carbocycles. The van der Waals surface area contributed by atoms with Crippen LogP contribution in [-0.4, -0.2) is 72.9 Å². The van der Waals surface area contributed by atoms with E-state index in [4.69, 9.17) is 9.47 Å². The van der Waals surface area contributed by atoms with Crippen molar-refractivity contribution in [2.24, 2.45) is 5.92 Å². The number of hydrogen-bond donors (Lipinski definition) is 1. The Bertz CT molecular complexity index is 510. The first-order chi connectivity index (χ1) is 11.6. The minimum Gasteiger partial charge on any atom is -0.493 e. The van der Waals surface area contributed by atoms with Crippen LogP contribution in [0.15, 0.2) is 12.3 Å². The normalized spacial score (nSPS) is 19.7. The average molecular weight is 337 g/mol. The molecule has 6 heteroatoms. The minimum atomic E-state index is 0.230. The Labute approximate surface area is 145 Å². The van der Waals surface area contributed by atoms with Gasteiger partial charge in [0.15, 0.2) is 11.5 Å². The van der Waals surface area contributed by atoms with Gasteiger partial charge in [0.1, 0.15) is 5.69 Å². The molecule has 136 valence electrons. The number of hydrogen-bond acceptors (Lipinski definition) is 6. The highest BCUT2D eigenvalue weighted by Crippen LogP contribution is 2.30. The molecule has 1 aromatic heterocycles. The molecule has 1 atom stereocenters. The third kappa shape index (κ3) is 4.82. The van der Waals surface area contributed by atoms with Crippen LogP contribution in [0.2, 0.25) is 0 Å². The number of aromatic nitrogens is 1. The van der Waals surface area contributed by atoms with E-state index < -0.39 is 0 Å². The molecule has 0 spiro atoms. The van der Waals surface area contributed by atoms with Crippen LogP contribution < -0.4 is 9.47 Å². The van der Waals surface area contributed by atoms with Gasteiger partial charge in [-0.3, -0.25) is 14.8 Å². The van der Waals surface area contributed by atoms with E-state index in [1.807, 2.05) is 6.07 Å². The molecule has 0 bridgehead atoms. The molecular formula is C18H31N3O3. The first-order valence-electron chi connectivity index (χ1n) is 8.72. The van der Waals surface area contributed by atoms with Crippen LogP contribution in [-0.2, 0) is 6.54 Å². The third-order valence-electron chi connectivity index (χ3n) is 4.49. The molecule has 1 N–H and O–H groups in total. The Morgan fingerprint density at radius 1 is 1.29 bits per heavy atom. The summed E-state index contributed by atoms with van der Waals surface area (Å²) in [4.78, 5) is 9.38. The Morgan fingerprint density at radius 2 is 2.08 bits per heavy atom. The SMILES string of the molecule is COc1ccnc(CN2CCN(CC(C)C)[C@@H](CCO)C2)c1OC. The van der Waals surface area contributed by atoms with E-state index in [1.165, 1.54) is 0 Å². The zero-order chi connectivity index (χ0) is 17.5. The fourth-order valence-electron chi connectivity index (χ4n) is 3.41. The van der Waals surface area contributed by atoms with Gasteiger partial charge < -0.3 is 14.6 Å². The summed E-state index contributed by atoms with van der Waals surface area (Å²) in [5.41, 5.74) is 0.900. The van der Waals surface area contributed by atoms with Crippen LogP contribution in [0.4, 0.5) is 0 Å². The molecule has 24 heavy (non-hydrogen) atoms. The molecule has 1 aromatic rings. The molecule has 1 fully saturated rings. The highest BCUT2D eigenvalue weighted by atomic mass is 16.5. The van der Waals surface area contributed by atoms with Crippen LogP contribution in [0.3, 0.4) is 0 Å². The molecule has 1 aliphatic rings. The van der Waals surface area contributed by atoms with Crippen molar-refractivity contribution in [2.45, 2.75) is 32.9 Å². The van der Waals surface area contributed by atoms with Gasteiger partial charge in [0.2, 0.25) is 0 Å². The van der Waals surface area contributed by atoms with E-state index in [-0.39, 0.29) is 6.61 Å². The molecule has 0 amide bonds. The maximum Gasteiger partial charge on any atom is 0.183 e. The summed E-state index contributed by atoms with van der Waals surface area (Å²) in [6, 6.07) is 2.21. The van der Waals surface area contributed by atoms with Gasteiger partial charge in [-0.15, -0.1) is 0 Å². The van der Waals surface area contributed by atoms with Crippen molar-refractivity contribution in [3.63, 3.8) is 0 Å². The van der Waals surface area contributed by atoms with Crippen molar-refractivity contribution >= 4 is 0 Å². The summed E-state index contributed by atoms with van der Waals surface area (Å²) < 4.78 is 10.9. The topological polar surface area (TPSA) is 58.1 Å². The molecule has 1 saturated heterocycles. The number of aliphatic hydroxyl groups excluding tert-OH is 1. The maximum absolute atomic E-state index is 9.40. The first kappa shape index (κ1) is 19.0. The molecule has 0 aliphatic carbocycles. The van der Waals surface area contributed by atoms with Crippen molar-refractivity contribution in [3.05, 3.63) is 18.0 Å². The van der Waals surface area contributed by atoms with Gasteiger partial charge in [-0.25, -0.2) is 0 Å². The van der Waals surface area contributed by atoms with Gasteiger partial charge in [-0.2, -0.15) is 0 Å². The van der Waals surface area contributed by atoms with E-state index in [0.29, 0.717) is 23.5 Å². The van der Waals surface area contributed by atoms with E-state index in [9.17, 15) is 5.11 Å². The molecule has 0 saturated carbocycles. The Balaban J connectivity index is 2.06.